The first-order valence-electron chi connectivity index (χ1n) is 6.07. The topological polar surface area (TPSA) is 38.3 Å². The highest BCUT2D eigenvalue weighted by molar-refractivity contribution is 5.94. The Morgan fingerprint density at radius 1 is 1.28 bits per heavy atom. The molecule has 1 aliphatic heterocycles. The molecule has 0 aromatic heterocycles. The Labute approximate surface area is 107 Å². The summed E-state index contributed by atoms with van der Waals surface area (Å²) in [6.45, 7) is 4.59. The van der Waals surface area contributed by atoms with Gasteiger partial charge in [0.2, 0.25) is 0 Å². The number of benzene rings is 1. The van der Waals surface area contributed by atoms with Gasteiger partial charge in [-0.1, -0.05) is 50.3 Å². The lowest BCUT2D eigenvalue weighted by Gasteiger charge is -2.09. The van der Waals surface area contributed by atoms with Gasteiger partial charge in [-0.2, -0.15) is 0 Å². The molecule has 2 rings (SSSR count). The Hall–Kier alpha value is -2.03. The largest absolute Gasteiger partial charge is 0.487 e. The average Bonchev–Trinajstić information content (AvgIpc) is 2.67. The summed E-state index contributed by atoms with van der Waals surface area (Å²) in [5.74, 6) is 0.865. The van der Waals surface area contributed by atoms with Gasteiger partial charge in [0.05, 0.1) is 5.70 Å². The Morgan fingerprint density at radius 3 is 2.67 bits per heavy atom. The third-order valence-corrected chi connectivity index (χ3v) is 2.52. The molecule has 1 amide bonds. The van der Waals surface area contributed by atoms with Crippen molar-refractivity contribution in [2.75, 3.05) is 0 Å². The van der Waals surface area contributed by atoms with Gasteiger partial charge in [-0.3, -0.25) is 4.79 Å². The number of ether oxygens (including phenoxy) is 1. The average molecular weight is 243 g/mol. The molecule has 1 aliphatic rings. The second-order valence-electron chi connectivity index (χ2n) is 4.60. The fourth-order valence-electron chi connectivity index (χ4n) is 1.74. The first-order chi connectivity index (χ1) is 8.65. The van der Waals surface area contributed by atoms with Crippen molar-refractivity contribution in [3.05, 3.63) is 59.5 Å². The van der Waals surface area contributed by atoms with Gasteiger partial charge >= 0.3 is 0 Å². The van der Waals surface area contributed by atoms with Crippen LogP contribution in [-0.2, 0) is 16.1 Å². The molecular formula is C15H17NO2. The highest BCUT2D eigenvalue weighted by atomic mass is 16.5. The number of carbonyl (C=O) groups excluding carboxylic acids is 1. The second kappa shape index (κ2) is 5.54. The zero-order chi connectivity index (χ0) is 13.0. The highest BCUT2D eigenvalue weighted by Crippen LogP contribution is 2.18. The quantitative estimate of drug-likeness (QED) is 0.883. The van der Waals surface area contributed by atoms with Crippen LogP contribution in [0.3, 0.4) is 0 Å². The van der Waals surface area contributed by atoms with Crippen LogP contribution < -0.4 is 5.32 Å². The molecule has 3 heteroatoms. The van der Waals surface area contributed by atoms with Gasteiger partial charge in [0.15, 0.2) is 0 Å². The van der Waals surface area contributed by atoms with Crippen molar-refractivity contribution in [2.45, 2.75) is 20.5 Å². The molecule has 1 heterocycles. The summed E-state index contributed by atoms with van der Waals surface area (Å²) in [6.07, 6.45) is 3.48. The van der Waals surface area contributed by atoms with Crippen molar-refractivity contribution >= 4 is 5.91 Å². The van der Waals surface area contributed by atoms with Crippen molar-refractivity contribution < 1.29 is 9.53 Å². The third kappa shape index (κ3) is 3.23. The summed E-state index contributed by atoms with van der Waals surface area (Å²) in [4.78, 5) is 11.3. The molecule has 0 saturated heterocycles. The highest BCUT2D eigenvalue weighted by Gasteiger charge is 2.18. The van der Waals surface area contributed by atoms with E-state index in [1.54, 1.807) is 0 Å². The lowest BCUT2D eigenvalue weighted by molar-refractivity contribution is -0.115. The first kappa shape index (κ1) is 12.4. The van der Waals surface area contributed by atoms with Crippen LogP contribution in [0, 0.1) is 5.92 Å². The Balaban J connectivity index is 2.04. The molecule has 0 fully saturated rings. The molecule has 0 radical (unpaired) electrons. The number of hydrogen-bond donors (Lipinski definition) is 1. The van der Waals surface area contributed by atoms with E-state index in [1.165, 1.54) is 6.08 Å². The summed E-state index contributed by atoms with van der Waals surface area (Å²) in [5, 5.41) is 2.78. The number of nitrogens with one attached hydrogen (secondary N) is 1. The van der Waals surface area contributed by atoms with E-state index in [4.69, 9.17) is 4.74 Å². The SMILES string of the molecule is CC(C)C=C1NC(=O)C=C1OCc1ccccc1. The molecule has 0 bridgehead atoms. The molecule has 18 heavy (non-hydrogen) atoms. The summed E-state index contributed by atoms with van der Waals surface area (Å²) < 4.78 is 5.68. The number of rotatable bonds is 4. The number of allylic oxidation sites excluding steroid dienone is 1. The predicted octanol–water partition coefficient (Wildman–Crippen LogP) is 2.76. The van der Waals surface area contributed by atoms with E-state index in [0.29, 0.717) is 18.3 Å². The minimum atomic E-state index is -0.120. The van der Waals surface area contributed by atoms with Crippen molar-refractivity contribution in [1.82, 2.24) is 5.32 Å². The summed E-state index contributed by atoms with van der Waals surface area (Å²) >= 11 is 0. The molecule has 1 aromatic carbocycles. The maximum atomic E-state index is 11.3. The van der Waals surface area contributed by atoms with Crippen LogP contribution in [0.25, 0.3) is 0 Å². The summed E-state index contributed by atoms with van der Waals surface area (Å²) in [6, 6.07) is 9.90. The van der Waals surface area contributed by atoms with E-state index >= 15 is 0 Å². The Kier molecular flexibility index (Phi) is 3.82. The molecule has 0 spiro atoms. The van der Waals surface area contributed by atoms with Crippen molar-refractivity contribution in [2.24, 2.45) is 5.92 Å². The molecule has 1 N–H and O–H groups in total. The number of carbonyl (C=O) groups is 1. The van der Waals surface area contributed by atoms with Crippen LogP contribution >= 0.6 is 0 Å². The normalized spacial score (nSPS) is 16.9. The van der Waals surface area contributed by atoms with Gasteiger partial charge in [0, 0.05) is 6.08 Å². The predicted molar refractivity (Wildman–Crippen MR) is 70.4 cm³/mol. The maximum absolute atomic E-state index is 11.3. The van der Waals surface area contributed by atoms with Gasteiger partial charge < -0.3 is 10.1 Å². The molecule has 0 unspecified atom stereocenters. The van der Waals surface area contributed by atoms with E-state index < -0.39 is 0 Å². The van der Waals surface area contributed by atoms with E-state index in [2.05, 4.69) is 19.2 Å². The van der Waals surface area contributed by atoms with E-state index in [9.17, 15) is 4.79 Å². The zero-order valence-electron chi connectivity index (χ0n) is 10.6. The molecule has 3 nitrogen and oxygen atoms in total. The Morgan fingerprint density at radius 2 is 2.00 bits per heavy atom. The van der Waals surface area contributed by atoms with E-state index in [1.807, 2.05) is 36.4 Å². The second-order valence-corrected chi connectivity index (χ2v) is 4.60. The van der Waals surface area contributed by atoms with Crippen LogP contribution in [-0.4, -0.2) is 5.91 Å². The lowest BCUT2D eigenvalue weighted by Crippen LogP contribution is -2.14. The van der Waals surface area contributed by atoms with Crippen LogP contribution in [0.15, 0.2) is 53.9 Å². The van der Waals surface area contributed by atoms with Gasteiger partial charge in [-0.25, -0.2) is 0 Å². The molecule has 1 aromatic rings. The minimum Gasteiger partial charge on any atom is -0.487 e. The summed E-state index contributed by atoms with van der Waals surface area (Å²) in [5.41, 5.74) is 1.85. The minimum absolute atomic E-state index is 0.120. The lowest BCUT2D eigenvalue weighted by atomic mass is 10.2. The monoisotopic (exact) mass is 243 g/mol. The molecule has 0 aliphatic carbocycles. The molecular weight excluding hydrogens is 226 g/mol. The zero-order valence-corrected chi connectivity index (χ0v) is 10.6. The van der Waals surface area contributed by atoms with Gasteiger partial charge in [0.1, 0.15) is 12.4 Å². The van der Waals surface area contributed by atoms with Crippen molar-refractivity contribution in [3.8, 4) is 0 Å². The van der Waals surface area contributed by atoms with Crippen LogP contribution in [0.4, 0.5) is 0 Å². The van der Waals surface area contributed by atoms with Crippen LogP contribution in [0.1, 0.15) is 19.4 Å². The maximum Gasteiger partial charge on any atom is 0.252 e. The van der Waals surface area contributed by atoms with E-state index in [-0.39, 0.29) is 5.91 Å². The van der Waals surface area contributed by atoms with Gasteiger partial charge in [-0.05, 0) is 11.5 Å². The fourth-order valence-corrected chi connectivity index (χ4v) is 1.74. The van der Waals surface area contributed by atoms with Crippen molar-refractivity contribution in [3.63, 3.8) is 0 Å². The molecule has 94 valence electrons. The molecule has 0 atom stereocenters. The van der Waals surface area contributed by atoms with Crippen molar-refractivity contribution in [1.29, 1.82) is 0 Å². The third-order valence-electron chi connectivity index (χ3n) is 2.52. The van der Waals surface area contributed by atoms with Crippen LogP contribution in [0.2, 0.25) is 0 Å². The van der Waals surface area contributed by atoms with Gasteiger partial charge in [-0.15, -0.1) is 0 Å². The van der Waals surface area contributed by atoms with E-state index in [0.717, 1.165) is 11.3 Å². The summed E-state index contributed by atoms with van der Waals surface area (Å²) in [7, 11) is 0. The smallest absolute Gasteiger partial charge is 0.252 e. The standard InChI is InChI=1S/C15H17NO2/c1-11(2)8-13-14(9-15(17)16-13)18-10-12-6-4-3-5-7-12/h3-9,11H,10H2,1-2H3,(H,16,17). The first-order valence-corrected chi connectivity index (χ1v) is 6.07. The van der Waals surface area contributed by atoms with Gasteiger partial charge in [0.25, 0.3) is 5.91 Å². The molecule has 0 saturated carbocycles. The number of amides is 1. The number of hydrogen-bond acceptors (Lipinski definition) is 2. The Bertz CT molecular complexity index is 486. The fraction of sp³-hybridized carbons (Fsp3) is 0.267. The van der Waals surface area contributed by atoms with Crippen LogP contribution in [0.5, 0.6) is 0 Å².